The molecule has 0 saturated heterocycles. The van der Waals surface area contributed by atoms with E-state index in [1.54, 1.807) is 6.08 Å². The molecule has 0 radical (unpaired) electrons. The van der Waals surface area contributed by atoms with E-state index >= 15 is 0 Å². The van der Waals surface area contributed by atoms with Crippen molar-refractivity contribution in [3.63, 3.8) is 0 Å². The largest absolute Gasteiger partial charge is 0.477 e. The lowest BCUT2D eigenvalue weighted by atomic mass is 10.1. The van der Waals surface area contributed by atoms with Crippen molar-refractivity contribution in [2.45, 2.75) is 6.42 Å². The topological polar surface area (TPSA) is 80.4 Å². The SMILES string of the molecule is C=CCc1ccc(C(=O)O)c([N+](=O)[O-])c1. The smallest absolute Gasteiger partial charge is 0.342 e. The van der Waals surface area contributed by atoms with Gasteiger partial charge in [-0.15, -0.1) is 6.58 Å². The van der Waals surface area contributed by atoms with E-state index in [2.05, 4.69) is 6.58 Å². The normalized spacial score (nSPS) is 9.60. The average Bonchev–Trinajstić information content (AvgIpc) is 2.17. The molecule has 78 valence electrons. The Labute approximate surface area is 85.8 Å². The highest BCUT2D eigenvalue weighted by Gasteiger charge is 2.19. The molecule has 0 heterocycles. The third-order valence-electron chi connectivity index (χ3n) is 1.87. The van der Waals surface area contributed by atoms with Gasteiger partial charge in [0, 0.05) is 6.07 Å². The van der Waals surface area contributed by atoms with Crippen molar-refractivity contribution < 1.29 is 14.8 Å². The minimum atomic E-state index is -1.30. The zero-order chi connectivity index (χ0) is 11.4. The molecule has 15 heavy (non-hydrogen) atoms. The van der Waals surface area contributed by atoms with Gasteiger partial charge in [0.1, 0.15) is 5.56 Å². The standard InChI is InChI=1S/C10H9NO4/c1-2-3-7-4-5-8(10(12)13)9(6-7)11(14)15/h2,4-6H,1,3H2,(H,12,13). The van der Waals surface area contributed by atoms with Crippen LogP contribution < -0.4 is 0 Å². The van der Waals surface area contributed by atoms with Crippen molar-refractivity contribution in [1.82, 2.24) is 0 Å². The molecule has 0 saturated carbocycles. The van der Waals surface area contributed by atoms with E-state index in [9.17, 15) is 14.9 Å². The Morgan fingerprint density at radius 3 is 2.73 bits per heavy atom. The number of carbonyl (C=O) groups is 1. The predicted molar refractivity (Wildman–Crippen MR) is 54.0 cm³/mol. The van der Waals surface area contributed by atoms with Gasteiger partial charge in [-0.1, -0.05) is 12.1 Å². The van der Waals surface area contributed by atoms with E-state index in [0.29, 0.717) is 12.0 Å². The highest BCUT2D eigenvalue weighted by Crippen LogP contribution is 2.20. The van der Waals surface area contributed by atoms with Crippen LogP contribution >= 0.6 is 0 Å². The predicted octanol–water partition coefficient (Wildman–Crippen LogP) is 2.02. The van der Waals surface area contributed by atoms with Gasteiger partial charge in [0.25, 0.3) is 5.69 Å². The number of carboxylic acid groups (broad SMARTS) is 1. The number of rotatable bonds is 4. The molecule has 1 N–H and O–H groups in total. The van der Waals surface area contributed by atoms with E-state index in [4.69, 9.17) is 5.11 Å². The lowest BCUT2D eigenvalue weighted by molar-refractivity contribution is -0.385. The summed E-state index contributed by atoms with van der Waals surface area (Å²) in [4.78, 5) is 20.6. The van der Waals surface area contributed by atoms with E-state index in [1.807, 2.05) is 0 Å². The summed E-state index contributed by atoms with van der Waals surface area (Å²) < 4.78 is 0. The molecule has 0 spiro atoms. The minimum Gasteiger partial charge on any atom is -0.477 e. The number of aromatic carboxylic acids is 1. The van der Waals surface area contributed by atoms with Crippen LogP contribution in [0.1, 0.15) is 15.9 Å². The first kappa shape index (κ1) is 10.9. The number of allylic oxidation sites excluding steroid dienone is 1. The molecule has 0 aliphatic carbocycles. The second kappa shape index (κ2) is 4.36. The Balaban J connectivity index is 3.26. The van der Waals surface area contributed by atoms with Gasteiger partial charge in [-0.25, -0.2) is 4.79 Å². The van der Waals surface area contributed by atoms with Gasteiger partial charge in [-0.05, 0) is 18.1 Å². The molecule has 0 bridgehead atoms. The molecule has 1 aromatic rings. The van der Waals surface area contributed by atoms with E-state index in [1.165, 1.54) is 18.2 Å². The lowest BCUT2D eigenvalue weighted by Gasteiger charge is -2.00. The Bertz CT molecular complexity index is 425. The van der Waals surface area contributed by atoms with Crippen LogP contribution in [0.15, 0.2) is 30.9 Å². The number of carboxylic acids is 1. The zero-order valence-electron chi connectivity index (χ0n) is 7.84. The van der Waals surface area contributed by atoms with Gasteiger partial charge in [0.05, 0.1) is 4.92 Å². The van der Waals surface area contributed by atoms with Crippen LogP contribution in [0.3, 0.4) is 0 Å². The van der Waals surface area contributed by atoms with Crippen molar-refractivity contribution in [3.8, 4) is 0 Å². The second-order valence-corrected chi connectivity index (χ2v) is 2.91. The Morgan fingerprint density at radius 2 is 2.27 bits per heavy atom. The third-order valence-corrected chi connectivity index (χ3v) is 1.87. The van der Waals surface area contributed by atoms with E-state index in [-0.39, 0.29) is 11.3 Å². The Hall–Kier alpha value is -2.17. The molecule has 0 atom stereocenters. The molecule has 5 nitrogen and oxygen atoms in total. The van der Waals surface area contributed by atoms with Crippen LogP contribution in [0.5, 0.6) is 0 Å². The first-order valence-corrected chi connectivity index (χ1v) is 4.17. The van der Waals surface area contributed by atoms with Gasteiger partial charge in [0.2, 0.25) is 0 Å². The first-order chi connectivity index (χ1) is 7.06. The van der Waals surface area contributed by atoms with Crippen LogP contribution in [-0.4, -0.2) is 16.0 Å². The molecule has 0 unspecified atom stereocenters. The van der Waals surface area contributed by atoms with Gasteiger partial charge in [-0.2, -0.15) is 0 Å². The monoisotopic (exact) mass is 207 g/mol. The van der Waals surface area contributed by atoms with Crippen LogP contribution in [0.4, 0.5) is 5.69 Å². The molecule has 1 aromatic carbocycles. The summed E-state index contributed by atoms with van der Waals surface area (Å²) in [5.41, 5.74) is -0.0173. The van der Waals surface area contributed by atoms with Gasteiger partial charge < -0.3 is 5.11 Å². The summed E-state index contributed by atoms with van der Waals surface area (Å²) in [6, 6.07) is 4.03. The van der Waals surface area contributed by atoms with Crippen LogP contribution in [0, 0.1) is 10.1 Å². The number of benzene rings is 1. The van der Waals surface area contributed by atoms with Crippen LogP contribution in [0.25, 0.3) is 0 Å². The Morgan fingerprint density at radius 1 is 1.60 bits per heavy atom. The molecule has 5 heteroatoms. The lowest BCUT2D eigenvalue weighted by Crippen LogP contribution is -2.03. The van der Waals surface area contributed by atoms with E-state index < -0.39 is 10.9 Å². The summed E-state index contributed by atoms with van der Waals surface area (Å²) in [7, 11) is 0. The molecular formula is C10H9NO4. The van der Waals surface area contributed by atoms with Crippen molar-refractivity contribution in [2.75, 3.05) is 0 Å². The van der Waals surface area contributed by atoms with Crippen molar-refractivity contribution in [3.05, 3.63) is 52.1 Å². The van der Waals surface area contributed by atoms with Crippen LogP contribution in [-0.2, 0) is 6.42 Å². The summed E-state index contributed by atoms with van der Waals surface area (Å²) in [6.45, 7) is 3.50. The summed E-state index contributed by atoms with van der Waals surface area (Å²) >= 11 is 0. The van der Waals surface area contributed by atoms with Gasteiger partial charge in [-0.3, -0.25) is 10.1 Å². The van der Waals surface area contributed by atoms with Crippen LogP contribution in [0.2, 0.25) is 0 Å². The highest BCUT2D eigenvalue weighted by atomic mass is 16.6. The molecule has 0 aliphatic heterocycles. The summed E-state index contributed by atoms with van der Waals surface area (Å²) in [5, 5.41) is 19.3. The second-order valence-electron chi connectivity index (χ2n) is 2.91. The molecular weight excluding hydrogens is 198 g/mol. The molecule has 0 amide bonds. The van der Waals surface area contributed by atoms with Crippen molar-refractivity contribution in [2.24, 2.45) is 0 Å². The summed E-state index contributed by atoms with van der Waals surface area (Å²) in [6.07, 6.45) is 2.07. The number of hydrogen-bond donors (Lipinski definition) is 1. The fraction of sp³-hybridized carbons (Fsp3) is 0.100. The molecule has 0 aromatic heterocycles. The average molecular weight is 207 g/mol. The molecule has 0 fully saturated rings. The zero-order valence-corrected chi connectivity index (χ0v) is 7.84. The van der Waals surface area contributed by atoms with Crippen molar-refractivity contribution >= 4 is 11.7 Å². The first-order valence-electron chi connectivity index (χ1n) is 4.17. The quantitative estimate of drug-likeness (QED) is 0.465. The number of hydrogen-bond acceptors (Lipinski definition) is 3. The maximum Gasteiger partial charge on any atom is 0.342 e. The fourth-order valence-electron chi connectivity index (χ4n) is 1.20. The maximum atomic E-state index is 10.7. The Kier molecular flexibility index (Phi) is 3.17. The minimum absolute atomic E-state index is 0.298. The van der Waals surface area contributed by atoms with Gasteiger partial charge in [0.15, 0.2) is 0 Å². The molecule has 0 aliphatic rings. The van der Waals surface area contributed by atoms with Gasteiger partial charge >= 0.3 is 5.97 Å². The highest BCUT2D eigenvalue weighted by molar-refractivity contribution is 5.92. The maximum absolute atomic E-state index is 10.7. The fourth-order valence-corrected chi connectivity index (χ4v) is 1.20. The summed E-state index contributed by atoms with van der Waals surface area (Å²) in [5.74, 6) is -1.30. The molecule has 1 rings (SSSR count). The van der Waals surface area contributed by atoms with E-state index in [0.717, 1.165) is 0 Å². The third kappa shape index (κ3) is 2.40. The van der Waals surface area contributed by atoms with Crippen molar-refractivity contribution in [1.29, 1.82) is 0 Å². The number of nitro benzene ring substituents is 1. The number of nitrogens with zero attached hydrogens (tertiary/aromatic N) is 1. The number of nitro groups is 1.